The Morgan fingerprint density at radius 3 is 2.92 bits per heavy atom. The van der Waals surface area contributed by atoms with Gasteiger partial charge in [0, 0.05) is 31.6 Å². The Kier molecular flexibility index (Phi) is 4.80. The van der Waals surface area contributed by atoms with Crippen LogP contribution < -0.4 is 15.5 Å². The molecule has 0 atom stereocenters. The third-order valence-electron chi connectivity index (χ3n) is 4.85. The summed E-state index contributed by atoms with van der Waals surface area (Å²) < 4.78 is 0. The number of rotatable bonds is 3. The molecule has 6 nitrogen and oxygen atoms in total. The molecule has 0 bridgehead atoms. The molecule has 0 aromatic carbocycles. The zero-order chi connectivity index (χ0) is 18.0. The van der Waals surface area contributed by atoms with Crippen LogP contribution in [0.15, 0.2) is 28.6 Å². The maximum atomic E-state index is 4.89. The largest absolute Gasteiger partial charge is 0.356 e. The second kappa shape index (κ2) is 7.23. The molecule has 4 heterocycles. The van der Waals surface area contributed by atoms with Crippen molar-refractivity contribution in [1.29, 1.82) is 0 Å². The Morgan fingerprint density at radius 2 is 2.12 bits per heavy atom. The number of nitrogens with zero attached hydrogens (tertiary/aromatic N) is 4. The predicted octanol–water partition coefficient (Wildman–Crippen LogP) is 3.59. The fraction of sp³-hybridized carbons (Fsp3) is 0.526. The van der Waals surface area contributed by atoms with E-state index in [1.807, 2.05) is 6.07 Å². The standard InChI is InChI=1S/C19H26N6S/c1-19(2)8-4-11-25(13-19)16-7-3-6-14(22-16)15-12-26-18(23-15)24-17-20-9-5-10-21-17/h3,6-7,12H,4-5,8-11,13H2,1-2H3,(H2,20,21,23,24). The van der Waals surface area contributed by atoms with Crippen molar-refractivity contribution in [3.8, 4) is 11.4 Å². The normalized spacial score (nSPS) is 19.6. The zero-order valence-electron chi connectivity index (χ0n) is 15.5. The number of hydrogen-bond acceptors (Lipinski definition) is 7. The van der Waals surface area contributed by atoms with E-state index in [4.69, 9.17) is 9.97 Å². The van der Waals surface area contributed by atoms with Crippen LogP contribution in [0.25, 0.3) is 11.4 Å². The molecule has 0 amide bonds. The molecule has 138 valence electrons. The van der Waals surface area contributed by atoms with E-state index in [9.17, 15) is 0 Å². The first-order chi connectivity index (χ1) is 12.6. The molecule has 0 radical (unpaired) electrons. The second-order valence-corrected chi connectivity index (χ2v) is 8.60. The highest BCUT2D eigenvalue weighted by atomic mass is 32.1. The highest BCUT2D eigenvalue weighted by molar-refractivity contribution is 7.14. The Hall–Kier alpha value is -2.15. The van der Waals surface area contributed by atoms with Gasteiger partial charge in [0.2, 0.25) is 0 Å². The van der Waals surface area contributed by atoms with Gasteiger partial charge in [-0.3, -0.25) is 4.99 Å². The van der Waals surface area contributed by atoms with Gasteiger partial charge in [-0.1, -0.05) is 19.9 Å². The van der Waals surface area contributed by atoms with E-state index in [2.05, 4.69) is 51.9 Å². The van der Waals surface area contributed by atoms with Crippen LogP contribution in [0.5, 0.6) is 0 Å². The lowest BCUT2D eigenvalue weighted by Gasteiger charge is -2.38. The molecule has 2 aliphatic heterocycles. The van der Waals surface area contributed by atoms with Crippen LogP contribution in [-0.4, -0.2) is 42.1 Å². The monoisotopic (exact) mass is 370 g/mol. The average molecular weight is 371 g/mol. The molecule has 0 unspecified atom stereocenters. The zero-order valence-corrected chi connectivity index (χ0v) is 16.3. The van der Waals surface area contributed by atoms with Gasteiger partial charge in [-0.2, -0.15) is 0 Å². The Morgan fingerprint density at radius 1 is 1.19 bits per heavy atom. The van der Waals surface area contributed by atoms with Crippen LogP contribution in [0.2, 0.25) is 0 Å². The van der Waals surface area contributed by atoms with Crippen molar-refractivity contribution >= 4 is 28.2 Å². The van der Waals surface area contributed by atoms with Crippen LogP contribution in [-0.2, 0) is 0 Å². The summed E-state index contributed by atoms with van der Waals surface area (Å²) in [7, 11) is 0. The molecule has 7 heteroatoms. The van der Waals surface area contributed by atoms with Crippen molar-refractivity contribution in [3.05, 3.63) is 23.6 Å². The smallest absolute Gasteiger partial charge is 0.197 e. The molecule has 2 N–H and O–H groups in total. The number of thiazole rings is 1. The predicted molar refractivity (Wildman–Crippen MR) is 109 cm³/mol. The summed E-state index contributed by atoms with van der Waals surface area (Å²) in [6.07, 6.45) is 3.58. The van der Waals surface area contributed by atoms with Gasteiger partial charge in [-0.15, -0.1) is 11.3 Å². The maximum absolute atomic E-state index is 4.89. The topological polar surface area (TPSA) is 65.4 Å². The lowest BCUT2D eigenvalue weighted by molar-refractivity contribution is 0.292. The summed E-state index contributed by atoms with van der Waals surface area (Å²) in [5, 5.41) is 9.43. The Balaban J connectivity index is 1.51. The molecule has 0 saturated carbocycles. The molecule has 4 rings (SSSR count). The SMILES string of the molecule is CC1(C)CCCN(c2cccc(-c3csc(NC4=NCCCN4)n3)n2)C1. The first-order valence-corrected chi connectivity index (χ1v) is 10.2. The highest BCUT2D eigenvalue weighted by Crippen LogP contribution is 2.32. The van der Waals surface area contributed by atoms with Gasteiger partial charge in [0.05, 0.1) is 5.69 Å². The number of pyridine rings is 1. The van der Waals surface area contributed by atoms with Crippen molar-refractivity contribution in [2.24, 2.45) is 10.4 Å². The van der Waals surface area contributed by atoms with Gasteiger partial charge in [-0.05, 0) is 36.8 Å². The minimum absolute atomic E-state index is 0.349. The van der Waals surface area contributed by atoms with Gasteiger partial charge in [0.1, 0.15) is 11.5 Å². The Labute approximate surface area is 158 Å². The summed E-state index contributed by atoms with van der Waals surface area (Å²) in [4.78, 5) is 16.4. The van der Waals surface area contributed by atoms with E-state index in [1.165, 1.54) is 12.8 Å². The minimum atomic E-state index is 0.349. The van der Waals surface area contributed by atoms with Gasteiger partial charge < -0.3 is 15.5 Å². The molecule has 1 fully saturated rings. The molecule has 26 heavy (non-hydrogen) atoms. The van der Waals surface area contributed by atoms with E-state index in [-0.39, 0.29) is 0 Å². The first-order valence-electron chi connectivity index (χ1n) is 9.32. The number of piperidine rings is 1. The summed E-state index contributed by atoms with van der Waals surface area (Å²) in [5.41, 5.74) is 2.18. The maximum Gasteiger partial charge on any atom is 0.197 e. The molecular formula is C19H26N6S. The van der Waals surface area contributed by atoms with Crippen molar-refractivity contribution in [2.45, 2.75) is 33.1 Å². The van der Waals surface area contributed by atoms with E-state index in [0.29, 0.717) is 5.41 Å². The number of nitrogens with one attached hydrogen (secondary N) is 2. The second-order valence-electron chi connectivity index (χ2n) is 7.74. The third kappa shape index (κ3) is 3.98. The van der Waals surface area contributed by atoms with Crippen LogP contribution >= 0.6 is 11.3 Å². The van der Waals surface area contributed by atoms with Crippen LogP contribution in [0, 0.1) is 5.41 Å². The first kappa shape index (κ1) is 17.3. The van der Waals surface area contributed by atoms with Crippen molar-refractivity contribution in [2.75, 3.05) is 36.4 Å². The molecule has 2 aliphatic rings. The van der Waals surface area contributed by atoms with Crippen molar-refractivity contribution < 1.29 is 0 Å². The summed E-state index contributed by atoms with van der Waals surface area (Å²) in [5.74, 6) is 1.87. The van der Waals surface area contributed by atoms with Gasteiger partial charge in [-0.25, -0.2) is 9.97 Å². The minimum Gasteiger partial charge on any atom is -0.356 e. The lowest BCUT2D eigenvalue weighted by atomic mass is 9.84. The molecule has 0 spiro atoms. The molecule has 2 aromatic rings. The molecule has 1 saturated heterocycles. The number of guanidine groups is 1. The summed E-state index contributed by atoms with van der Waals surface area (Å²) >= 11 is 1.58. The van der Waals surface area contributed by atoms with E-state index >= 15 is 0 Å². The van der Waals surface area contributed by atoms with E-state index < -0.39 is 0 Å². The fourth-order valence-electron chi connectivity index (χ4n) is 3.53. The number of aromatic nitrogens is 2. The Bertz CT molecular complexity index is 797. The molecular weight excluding hydrogens is 344 g/mol. The third-order valence-corrected chi connectivity index (χ3v) is 5.61. The van der Waals surface area contributed by atoms with Crippen LogP contribution in [0.4, 0.5) is 10.9 Å². The molecule has 2 aromatic heterocycles. The number of aliphatic imine (C=N–C) groups is 1. The lowest BCUT2D eigenvalue weighted by Crippen LogP contribution is -2.40. The van der Waals surface area contributed by atoms with Gasteiger partial charge in [0.25, 0.3) is 0 Å². The van der Waals surface area contributed by atoms with Gasteiger partial charge >= 0.3 is 0 Å². The number of hydrogen-bond donors (Lipinski definition) is 2. The molecule has 0 aliphatic carbocycles. The van der Waals surface area contributed by atoms with Crippen molar-refractivity contribution in [3.63, 3.8) is 0 Å². The quantitative estimate of drug-likeness (QED) is 0.864. The van der Waals surface area contributed by atoms with Crippen molar-refractivity contribution in [1.82, 2.24) is 15.3 Å². The van der Waals surface area contributed by atoms with E-state index in [0.717, 1.165) is 60.9 Å². The van der Waals surface area contributed by atoms with Crippen LogP contribution in [0.3, 0.4) is 0 Å². The summed E-state index contributed by atoms with van der Waals surface area (Å²) in [6.45, 7) is 8.63. The number of anilines is 2. The van der Waals surface area contributed by atoms with E-state index in [1.54, 1.807) is 11.3 Å². The fourth-order valence-corrected chi connectivity index (χ4v) is 4.23. The summed E-state index contributed by atoms with van der Waals surface area (Å²) in [6, 6.07) is 6.23. The van der Waals surface area contributed by atoms with Gasteiger partial charge in [0.15, 0.2) is 11.1 Å². The average Bonchev–Trinajstić information content (AvgIpc) is 3.10. The van der Waals surface area contributed by atoms with Crippen LogP contribution in [0.1, 0.15) is 33.1 Å². The highest BCUT2D eigenvalue weighted by Gasteiger charge is 2.27.